The Labute approximate surface area is 131 Å². The first-order valence-electron chi connectivity index (χ1n) is 5.72. The van der Waals surface area contributed by atoms with Gasteiger partial charge in [-0.25, -0.2) is 19.3 Å². The summed E-state index contributed by atoms with van der Waals surface area (Å²) in [4.78, 5) is 11.6. The highest BCUT2D eigenvalue weighted by atomic mass is 35.5. The minimum Gasteiger partial charge on any atom is -0.466 e. The van der Waals surface area contributed by atoms with Crippen LogP contribution < -0.4 is 4.74 Å². The number of nitrogens with zero attached hydrogens (tertiary/aromatic N) is 3. The summed E-state index contributed by atoms with van der Waals surface area (Å²) in [6.07, 6.45) is -1.68. The molecular formula is C12H8ClF4N3OS. The quantitative estimate of drug-likeness (QED) is 0.360. The van der Waals surface area contributed by atoms with Gasteiger partial charge in [-0.1, -0.05) is 23.4 Å². The van der Waals surface area contributed by atoms with Gasteiger partial charge in [0.15, 0.2) is 17.6 Å². The van der Waals surface area contributed by atoms with Gasteiger partial charge in [-0.2, -0.15) is 13.2 Å². The third kappa shape index (κ3) is 4.44. The summed E-state index contributed by atoms with van der Waals surface area (Å²) in [5, 5.41) is 0.535. The molecule has 2 heterocycles. The maximum absolute atomic E-state index is 13.8. The minimum absolute atomic E-state index is 0.159. The molecule has 0 N–H and O–H groups in total. The van der Waals surface area contributed by atoms with E-state index < -0.39 is 24.5 Å². The third-order valence-electron chi connectivity index (χ3n) is 2.33. The summed E-state index contributed by atoms with van der Waals surface area (Å²) >= 11 is 7.06. The van der Waals surface area contributed by atoms with Gasteiger partial charge in [0, 0.05) is 17.8 Å². The van der Waals surface area contributed by atoms with Crippen LogP contribution in [-0.2, 0) is 0 Å². The Hall–Kier alpha value is -1.61. The van der Waals surface area contributed by atoms with E-state index in [9.17, 15) is 17.6 Å². The molecule has 0 aliphatic rings. The molecule has 0 aliphatic carbocycles. The van der Waals surface area contributed by atoms with Crippen molar-refractivity contribution < 1.29 is 22.3 Å². The van der Waals surface area contributed by atoms with Gasteiger partial charge in [0.05, 0.1) is 5.69 Å². The van der Waals surface area contributed by atoms with E-state index in [2.05, 4.69) is 19.7 Å². The van der Waals surface area contributed by atoms with Crippen molar-refractivity contribution in [1.29, 1.82) is 0 Å². The maximum Gasteiger partial charge on any atom is 0.422 e. The van der Waals surface area contributed by atoms with Crippen LogP contribution in [0.15, 0.2) is 23.5 Å². The Kier molecular flexibility index (Phi) is 5.07. The Morgan fingerprint density at radius 2 is 2.00 bits per heavy atom. The zero-order valence-electron chi connectivity index (χ0n) is 11.0. The van der Waals surface area contributed by atoms with Crippen LogP contribution in [0.4, 0.5) is 17.6 Å². The zero-order valence-corrected chi connectivity index (χ0v) is 12.6. The summed E-state index contributed by atoms with van der Waals surface area (Å²) in [5.74, 6) is -1.76. The van der Waals surface area contributed by atoms with Crippen molar-refractivity contribution in [3.05, 3.63) is 29.3 Å². The molecule has 0 aromatic carbocycles. The molecule has 0 fully saturated rings. The maximum atomic E-state index is 13.8. The van der Waals surface area contributed by atoms with Crippen LogP contribution in [0.1, 0.15) is 0 Å². The second-order valence-corrected chi connectivity index (χ2v) is 5.14. The standard InChI is InChI=1S/C12H8ClF4N3OS/c1-22-11-19-8(3-9(13)20-11)6-2-7(14)10(18-4-6)21-5-12(15,16)17/h2-4H,5H2,1H3. The van der Waals surface area contributed by atoms with Gasteiger partial charge in [-0.3, -0.25) is 0 Å². The van der Waals surface area contributed by atoms with E-state index in [1.807, 2.05) is 0 Å². The average Bonchev–Trinajstić information content (AvgIpc) is 2.44. The number of thioether (sulfide) groups is 1. The second-order valence-electron chi connectivity index (χ2n) is 3.98. The van der Waals surface area contributed by atoms with Gasteiger partial charge in [0.25, 0.3) is 5.88 Å². The number of hydrogen-bond acceptors (Lipinski definition) is 5. The first-order chi connectivity index (χ1) is 10.3. The fourth-order valence-electron chi connectivity index (χ4n) is 1.46. The predicted octanol–water partition coefficient (Wildman–Crippen LogP) is 3.99. The summed E-state index contributed by atoms with van der Waals surface area (Å²) in [7, 11) is 0. The Balaban J connectivity index is 2.27. The largest absolute Gasteiger partial charge is 0.466 e. The summed E-state index contributed by atoms with van der Waals surface area (Å²) in [6.45, 7) is -1.62. The van der Waals surface area contributed by atoms with E-state index in [4.69, 9.17) is 11.6 Å². The van der Waals surface area contributed by atoms with Crippen molar-refractivity contribution in [2.75, 3.05) is 12.9 Å². The molecule has 4 nitrogen and oxygen atoms in total. The van der Waals surface area contributed by atoms with Gasteiger partial charge in [0.1, 0.15) is 5.15 Å². The Bertz CT molecular complexity index is 684. The molecule has 0 spiro atoms. The van der Waals surface area contributed by atoms with Gasteiger partial charge in [-0.15, -0.1) is 0 Å². The number of hydrogen-bond donors (Lipinski definition) is 0. The molecule has 2 rings (SSSR count). The van der Waals surface area contributed by atoms with Crippen LogP contribution in [0.5, 0.6) is 5.88 Å². The second kappa shape index (κ2) is 6.66. The Morgan fingerprint density at radius 1 is 1.27 bits per heavy atom. The summed E-state index contributed by atoms with van der Waals surface area (Å²) in [5.41, 5.74) is 0.551. The average molecular weight is 354 g/mol. The van der Waals surface area contributed by atoms with Crippen LogP contribution in [0, 0.1) is 5.82 Å². The third-order valence-corrected chi connectivity index (χ3v) is 3.07. The molecule has 22 heavy (non-hydrogen) atoms. The number of halogens is 5. The van der Waals surface area contributed by atoms with Crippen molar-refractivity contribution in [3.8, 4) is 17.1 Å². The van der Waals surface area contributed by atoms with Gasteiger partial charge < -0.3 is 4.74 Å². The molecule has 10 heteroatoms. The van der Waals surface area contributed by atoms with Gasteiger partial charge in [-0.05, 0) is 12.3 Å². The van der Waals surface area contributed by atoms with Crippen molar-refractivity contribution in [3.63, 3.8) is 0 Å². The highest BCUT2D eigenvalue weighted by Gasteiger charge is 2.29. The topological polar surface area (TPSA) is 47.9 Å². The number of ether oxygens (including phenoxy) is 1. The highest BCUT2D eigenvalue weighted by Crippen LogP contribution is 2.26. The molecule has 2 aromatic rings. The van der Waals surface area contributed by atoms with Crippen LogP contribution in [0.25, 0.3) is 11.3 Å². The van der Waals surface area contributed by atoms with Gasteiger partial charge >= 0.3 is 6.18 Å². The normalized spacial score (nSPS) is 11.5. The molecule has 2 aromatic heterocycles. The predicted molar refractivity (Wildman–Crippen MR) is 73.6 cm³/mol. The molecule has 118 valence electrons. The highest BCUT2D eigenvalue weighted by molar-refractivity contribution is 7.98. The minimum atomic E-state index is -4.57. The molecule has 0 aliphatic heterocycles. The van der Waals surface area contributed by atoms with Crippen LogP contribution in [0.2, 0.25) is 5.15 Å². The Morgan fingerprint density at radius 3 is 2.59 bits per heavy atom. The lowest BCUT2D eigenvalue weighted by Gasteiger charge is -2.10. The first-order valence-corrected chi connectivity index (χ1v) is 7.33. The van der Waals surface area contributed by atoms with Crippen LogP contribution in [-0.4, -0.2) is 34.0 Å². The van der Waals surface area contributed by atoms with Crippen LogP contribution in [0.3, 0.4) is 0 Å². The lowest BCUT2D eigenvalue weighted by molar-refractivity contribution is -0.154. The molecule has 0 saturated heterocycles. The SMILES string of the molecule is CSc1nc(Cl)cc(-c2cnc(OCC(F)(F)F)c(F)c2)n1. The molecule has 0 saturated carbocycles. The fourth-order valence-corrected chi connectivity index (χ4v) is 2.07. The lowest BCUT2D eigenvalue weighted by atomic mass is 10.2. The molecule has 0 bridgehead atoms. The van der Waals surface area contributed by atoms with Crippen molar-refractivity contribution >= 4 is 23.4 Å². The number of alkyl halides is 3. The van der Waals surface area contributed by atoms with E-state index in [1.54, 1.807) is 6.26 Å². The number of pyridine rings is 1. The summed E-state index contributed by atoms with van der Waals surface area (Å²) in [6, 6.07) is 2.37. The van der Waals surface area contributed by atoms with Crippen LogP contribution >= 0.6 is 23.4 Å². The van der Waals surface area contributed by atoms with Crippen molar-refractivity contribution in [1.82, 2.24) is 15.0 Å². The van der Waals surface area contributed by atoms with E-state index in [0.717, 1.165) is 12.3 Å². The number of rotatable bonds is 4. The van der Waals surface area contributed by atoms with E-state index in [0.29, 0.717) is 10.9 Å². The zero-order chi connectivity index (χ0) is 16.3. The molecule has 0 atom stereocenters. The molecule has 0 unspecified atom stereocenters. The monoisotopic (exact) mass is 353 g/mol. The fraction of sp³-hybridized carbons (Fsp3) is 0.250. The van der Waals surface area contributed by atoms with Crippen molar-refractivity contribution in [2.45, 2.75) is 11.3 Å². The first kappa shape index (κ1) is 16.8. The summed E-state index contributed by atoms with van der Waals surface area (Å²) < 4.78 is 54.2. The molecule has 0 radical (unpaired) electrons. The number of aromatic nitrogens is 3. The van der Waals surface area contributed by atoms with E-state index >= 15 is 0 Å². The molecular weight excluding hydrogens is 346 g/mol. The molecule has 0 amide bonds. The van der Waals surface area contributed by atoms with Crippen molar-refractivity contribution in [2.24, 2.45) is 0 Å². The van der Waals surface area contributed by atoms with E-state index in [-0.39, 0.29) is 10.7 Å². The lowest BCUT2D eigenvalue weighted by Crippen LogP contribution is -2.20. The van der Waals surface area contributed by atoms with Gasteiger partial charge in [0.2, 0.25) is 0 Å². The van der Waals surface area contributed by atoms with E-state index in [1.165, 1.54) is 17.8 Å². The smallest absolute Gasteiger partial charge is 0.422 e.